The quantitative estimate of drug-likeness (QED) is 0.624. The Kier molecular flexibility index (Phi) is 5.81. The van der Waals surface area contributed by atoms with E-state index in [9.17, 15) is 9.59 Å². The van der Waals surface area contributed by atoms with Crippen molar-refractivity contribution < 1.29 is 19.4 Å². The summed E-state index contributed by atoms with van der Waals surface area (Å²) in [7, 11) is 0. The maximum Gasteiger partial charge on any atom is 0.258 e. The summed E-state index contributed by atoms with van der Waals surface area (Å²) >= 11 is 0. The van der Waals surface area contributed by atoms with E-state index in [0.717, 1.165) is 6.42 Å². The minimum Gasteiger partial charge on any atom is -0.484 e. The van der Waals surface area contributed by atoms with Gasteiger partial charge in [-0.1, -0.05) is 19.1 Å². The van der Waals surface area contributed by atoms with Crippen LogP contribution >= 0.6 is 0 Å². The highest BCUT2D eigenvalue weighted by Gasteiger charge is 2.12. The number of rotatable bonds is 7. The second-order valence-corrected chi connectivity index (χ2v) is 4.01. The van der Waals surface area contributed by atoms with Crippen LogP contribution in [-0.4, -0.2) is 36.2 Å². The summed E-state index contributed by atoms with van der Waals surface area (Å²) in [5.74, 6) is -0.723. The van der Waals surface area contributed by atoms with Gasteiger partial charge in [0.25, 0.3) is 5.91 Å². The highest BCUT2D eigenvalue weighted by Crippen LogP contribution is 2.12. The van der Waals surface area contributed by atoms with E-state index < -0.39 is 17.9 Å². The topological polar surface area (TPSA) is 102 Å². The Morgan fingerprint density at radius 2 is 2.00 bits per heavy atom. The Morgan fingerprint density at radius 1 is 1.37 bits per heavy atom. The fraction of sp³-hybridized carbons (Fsp3) is 0.385. The third-order valence-electron chi connectivity index (χ3n) is 2.52. The van der Waals surface area contributed by atoms with Gasteiger partial charge in [0.05, 0.1) is 6.54 Å². The number of nitrogens with one attached hydrogen (secondary N) is 1. The number of aryl methyl sites for hydroxylation is 1. The molecule has 1 atom stereocenters. The van der Waals surface area contributed by atoms with Crippen molar-refractivity contribution in [3.63, 3.8) is 0 Å². The van der Waals surface area contributed by atoms with Crippen LogP contribution in [0.1, 0.15) is 12.5 Å². The molecule has 1 unspecified atom stereocenters. The molecule has 2 amide bonds. The van der Waals surface area contributed by atoms with E-state index in [1.807, 2.05) is 19.1 Å². The fourth-order valence-electron chi connectivity index (χ4n) is 1.33. The molecule has 0 aliphatic rings. The first kappa shape index (κ1) is 15.0. The van der Waals surface area contributed by atoms with Gasteiger partial charge in [0.1, 0.15) is 11.9 Å². The van der Waals surface area contributed by atoms with E-state index in [4.69, 9.17) is 15.6 Å². The third kappa shape index (κ3) is 5.39. The van der Waals surface area contributed by atoms with Gasteiger partial charge in [-0.3, -0.25) is 9.59 Å². The Balaban J connectivity index is 2.31. The smallest absolute Gasteiger partial charge is 0.258 e. The zero-order chi connectivity index (χ0) is 14.3. The van der Waals surface area contributed by atoms with Gasteiger partial charge in [0.15, 0.2) is 6.61 Å². The van der Waals surface area contributed by atoms with E-state index in [-0.39, 0.29) is 13.2 Å². The molecule has 4 N–H and O–H groups in total. The van der Waals surface area contributed by atoms with Gasteiger partial charge >= 0.3 is 0 Å². The monoisotopic (exact) mass is 266 g/mol. The molecule has 1 aromatic carbocycles. The summed E-state index contributed by atoms with van der Waals surface area (Å²) in [4.78, 5) is 21.9. The van der Waals surface area contributed by atoms with Crippen LogP contribution in [0.2, 0.25) is 0 Å². The zero-order valence-electron chi connectivity index (χ0n) is 10.8. The fourth-order valence-corrected chi connectivity index (χ4v) is 1.33. The molecule has 0 saturated heterocycles. The van der Waals surface area contributed by atoms with Crippen LogP contribution < -0.4 is 15.8 Å². The van der Waals surface area contributed by atoms with Crippen molar-refractivity contribution in [2.24, 2.45) is 5.73 Å². The van der Waals surface area contributed by atoms with Gasteiger partial charge in [0, 0.05) is 0 Å². The molecule has 0 radical (unpaired) electrons. The first-order valence-corrected chi connectivity index (χ1v) is 5.98. The number of amides is 2. The number of hydrogen-bond donors (Lipinski definition) is 3. The molecule has 0 saturated carbocycles. The predicted molar refractivity (Wildman–Crippen MR) is 69.5 cm³/mol. The molecule has 0 spiro atoms. The number of primary amides is 1. The van der Waals surface area contributed by atoms with Crippen LogP contribution in [-0.2, 0) is 16.0 Å². The largest absolute Gasteiger partial charge is 0.484 e. The lowest BCUT2D eigenvalue weighted by Crippen LogP contribution is -2.41. The second-order valence-electron chi connectivity index (χ2n) is 4.01. The highest BCUT2D eigenvalue weighted by molar-refractivity contribution is 5.81. The van der Waals surface area contributed by atoms with Gasteiger partial charge in [0.2, 0.25) is 5.91 Å². The molecular weight excluding hydrogens is 248 g/mol. The number of aliphatic hydroxyl groups excluding tert-OH is 1. The van der Waals surface area contributed by atoms with Crippen LogP contribution in [0.15, 0.2) is 24.3 Å². The van der Waals surface area contributed by atoms with Crippen LogP contribution in [0.4, 0.5) is 0 Å². The lowest BCUT2D eigenvalue weighted by atomic mass is 10.2. The Morgan fingerprint density at radius 3 is 2.53 bits per heavy atom. The average Bonchev–Trinajstić information content (AvgIpc) is 2.42. The molecule has 6 heteroatoms. The maximum absolute atomic E-state index is 11.4. The van der Waals surface area contributed by atoms with Crippen molar-refractivity contribution in [2.45, 2.75) is 19.4 Å². The Hall–Kier alpha value is -2.08. The van der Waals surface area contributed by atoms with Crippen molar-refractivity contribution in [1.82, 2.24) is 5.32 Å². The minimum absolute atomic E-state index is 0.184. The van der Waals surface area contributed by atoms with Crippen molar-refractivity contribution in [1.29, 1.82) is 0 Å². The summed E-state index contributed by atoms with van der Waals surface area (Å²) in [5, 5.41) is 11.4. The predicted octanol–water partition coefficient (Wildman–Crippen LogP) is -0.410. The van der Waals surface area contributed by atoms with Gasteiger partial charge in [-0.15, -0.1) is 0 Å². The van der Waals surface area contributed by atoms with Gasteiger partial charge in [-0.05, 0) is 24.1 Å². The van der Waals surface area contributed by atoms with Crippen LogP contribution in [0.5, 0.6) is 5.75 Å². The first-order valence-electron chi connectivity index (χ1n) is 5.98. The van der Waals surface area contributed by atoms with Gasteiger partial charge < -0.3 is 20.9 Å². The summed E-state index contributed by atoms with van der Waals surface area (Å²) in [6, 6.07) is 7.41. The van der Waals surface area contributed by atoms with Crippen molar-refractivity contribution in [3.05, 3.63) is 29.8 Å². The maximum atomic E-state index is 11.4. The molecule has 1 aromatic rings. The molecule has 0 aromatic heterocycles. The number of benzene rings is 1. The van der Waals surface area contributed by atoms with Crippen molar-refractivity contribution in [2.75, 3.05) is 13.2 Å². The molecule has 104 valence electrons. The average molecular weight is 266 g/mol. The summed E-state index contributed by atoms with van der Waals surface area (Å²) in [6.45, 7) is 1.65. The lowest BCUT2D eigenvalue weighted by molar-refractivity contribution is -0.127. The number of hydrogen-bond acceptors (Lipinski definition) is 4. The molecule has 6 nitrogen and oxygen atoms in total. The Labute approximate surface area is 111 Å². The molecule has 0 bridgehead atoms. The Bertz CT molecular complexity index is 431. The number of nitrogens with two attached hydrogens (primary N) is 1. The summed E-state index contributed by atoms with van der Waals surface area (Å²) < 4.78 is 5.25. The highest BCUT2D eigenvalue weighted by atomic mass is 16.5. The molecule has 0 aliphatic carbocycles. The third-order valence-corrected chi connectivity index (χ3v) is 2.52. The number of ether oxygens (including phenoxy) is 1. The standard InChI is InChI=1S/C13H18N2O4/c1-2-9-3-5-10(6-4-9)19-8-12(17)15-7-11(16)13(14)18/h3-6,11,16H,2,7-8H2,1H3,(H2,14,18)(H,15,17). The van der Waals surface area contributed by atoms with Gasteiger partial charge in [-0.25, -0.2) is 0 Å². The molecule has 1 rings (SSSR count). The van der Waals surface area contributed by atoms with Crippen LogP contribution in [0.25, 0.3) is 0 Å². The zero-order valence-corrected chi connectivity index (χ0v) is 10.8. The van der Waals surface area contributed by atoms with E-state index in [1.165, 1.54) is 5.56 Å². The molecule has 0 fully saturated rings. The lowest BCUT2D eigenvalue weighted by Gasteiger charge is -2.09. The normalized spacial score (nSPS) is 11.7. The van der Waals surface area contributed by atoms with Crippen molar-refractivity contribution >= 4 is 11.8 Å². The van der Waals surface area contributed by atoms with E-state index in [2.05, 4.69) is 5.32 Å². The molecule has 0 aliphatic heterocycles. The first-order chi connectivity index (χ1) is 9.02. The SMILES string of the molecule is CCc1ccc(OCC(=O)NCC(O)C(N)=O)cc1. The number of aliphatic hydroxyl groups is 1. The van der Waals surface area contributed by atoms with Gasteiger partial charge in [-0.2, -0.15) is 0 Å². The molecular formula is C13H18N2O4. The number of carbonyl (C=O) groups excluding carboxylic acids is 2. The van der Waals surface area contributed by atoms with Crippen LogP contribution in [0, 0.1) is 0 Å². The van der Waals surface area contributed by atoms with E-state index >= 15 is 0 Å². The summed E-state index contributed by atoms with van der Waals surface area (Å²) in [5.41, 5.74) is 6.02. The number of carbonyl (C=O) groups is 2. The van der Waals surface area contributed by atoms with Crippen LogP contribution in [0.3, 0.4) is 0 Å². The minimum atomic E-state index is -1.38. The van der Waals surface area contributed by atoms with E-state index in [1.54, 1.807) is 12.1 Å². The second kappa shape index (κ2) is 7.38. The van der Waals surface area contributed by atoms with Crippen molar-refractivity contribution in [3.8, 4) is 5.75 Å². The molecule has 19 heavy (non-hydrogen) atoms. The molecule has 0 heterocycles. The summed E-state index contributed by atoms with van der Waals surface area (Å²) in [6.07, 6.45) is -0.445. The van der Waals surface area contributed by atoms with E-state index in [0.29, 0.717) is 5.75 Å².